The molecule has 0 N–H and O–H groups in total. The Balaban J connectivity index is 2.27. The average molecular weight is 369 g/mol. The van der Waals surface area contributed by atoms with Gasteiger partial charge in [-0.25, -0.2) is 0 Å². The third kappa shape index (κ3) is 4.25. The van der Waals surface area contributed by atoms with Crippen LogP contribution in [0.4, 0.5) is 26.3 Å². The van der Waals surface area contributed by atoms with Gasteiger partial charge in [0.25, 0.3) is 0 Å². The van der Waals surface area contributed by atoms with Crippen molar-refractivity contribution in [3.05, 3.63) is 59.7 Å². The van der Waals surface area contributed by atoms with E-state index in [9.17, 15) is 26.3 Å². The van der Waals surface area contributed by atoms with Gasteiger partial charge in [-0.3, -0.25) is 0 Å². The van der Waals surface area contributed by atoms with Gasteiger partial charge < -0.3 is 0 Å². The van der Waals surface area contributed by atoms with Crippen molar-refractivity contribution in [3.8, 4) is 0 Å². The van der Waals surface area contributed by atoms with Gasteiger partial charge in [0, 0.05) is 0 Å². The van der Waals surface area contributed by atoms with Crippen molar-refractivity contribution >= 4 is 23.9 Å². The first-order valence-electron chi connectivity index (χ1n) is 5.68. The number of halogens is 6. The molecule has 0 nitrogen and oxygen atoms in total. The van der Waals surface area contributed by atoms with Gasteiger partial charge in [0.1, 0.15) is 0 Å². The van der Waals surface area contributed by atoms with E-state index in [1.807, 2.05) is 0 Å². The second kappa shape index (κ2) is 5.73. The normalized spacial score (nSPS) is 12.5. The Morgan fingerprint density at radius 1 is 0.619 bits per heavy atom. The maximum atomic E-state index is 12.6. The van der Waals surface area contributed by atoms with E-state index < -0.39 is 38.4 Å². The summed E-state index contributed by atoms with van der Waals surface area (Å²) in [5.74, 6) is 0. The van der Waals surface area contributed by atoms with Crippen molar-refractivity contribution in [1.29, 1.82) is 0 Å². The Morgan fingerprint density at radius 2 is 1.00 bits per heavy atom. The molecular weight excluding hydrogens is 361 g/mol. The molecule has 0 radical (unpaired) electrons. The van der Waals surface area contributed by atoms with Crippen molar-refractivity contribution in [1.82, 2.24) is 0 Å². The van der Waals surface area contributed by atoms with E-state index in [2.05, 4.69) is 0 Å². The second-order valence-electron chi connectivity index (χ2n) is 4.15. The zero-order valence-electron chi connectivity index (χ0n) is 10.3. The molecule has 21 heavy (non-hydrogen) atoms. The fourth-order valence-electron chi connectivity index (χ4n) is 1.61. The maximum absolute atomic E-state index is 12.6. The van der Waals surface area contributed by atoms with Gasteiger partial charge in [-0.2, -0.15) is 0 Å². The Labute approximate surface area is 122 Å². The summed E-state index contributed by atoms with van der Waals surface area (Å²) in [6.07, 6.45) is -8.92. The number of hydrogen-bond acceptors (Lipinski definition) is 0. The van der Waals surface area contributed by atoms with E-state index in [1.54, 1.807) is 0 Å². The van der Waals surface area contributed by atoms with E-state index in [0.29, 0.717) is 8.92 Å². The zero-order valence-corrected chi connectivity index (χ0v) is 12.0. The van der Waals surface area contributed by atoms with Crippen molar-refractivity contribution in [2.75, 3.05) is 0 Å². The fourth-order valence-corrected chi connectivity index (χ4v) is 3.57. The topological polar surface area (TPSA) is 0 Å². The second-order valence-corrected chi connectivity index (χ2v) is 6.56. The van der Waals surface area contributed by atoms with Crippen LogP contribution in [0.3, 0.4) is 0 Å². The van der Waals surface area contributed by atoms with Crippen LogP contribution >= 0.6 is 0 Å². The van der Waals surface area contributed by atoms with Gasteiger partial charge in [-0.1, -0.05) is 0 Å². The summed E-state index contributed by atoms with van der Waals surface area (Å²) in [4.78, 5) is 0. The van der Waals surface area contributed by atoms with Gasteiger partial charge in [-0.15, -0.1) is 0 Å². The van der Waals surface area contributed by atoms with E-state index >= 15 is 0 Å². The first-order valence-corrected chi connectivity index (χ1v) is 7.40. The number of rotatable bonds is 2. The summed E-state index contributed by atoms with van der Waals surface area (Å²) >= 11 is -0.622. The van der Waals surface area contributed by atoms with Crippen LogP contribution in [0.2, 0.25) is 0 Å². The molecule has 0 aromatic heterocycles. The standard InChI is InChI=1S/C14H8F6Se/c15-13(16,17)9-3-1-5-11(7-9)21-12-6-2-4-10(8-12)14(18,19)20/h1-8H. The molecule has 0 saturated carbocycles. The van der Waals surface area contributed by atoms with Crippen molar-refractivity contribution < 1.29 is 26.3 Å². The predicted molar refractivity (Wildman–Crippen MR) is 67.9 cm³/mol. The summed E-state index contributed by atoms with van der Waals surface area (Å²) in [5, 5.41) is 0. The van der Waals surface area contributed by atoms with Crippen LogP contribution in [0.15, 0.2) is 48.5 Å². The molecular formula is C14H8F6Se. The summed E-state index contributed by atoms with van der Waals surface area (Å²) in [6.45, 7) is 0. The van der Waals surface area contributed by atoms with Crippen LogP contribution in [0.5, 0.6) is 0 Å². The predicted octanol–water partition coefficient (Wildman–Crippen LogP) is 3.38. The molecule has 0 heterocycles. The summed E-state index contributed by atoms with van der Waals surface area (Å²) in [5.41, 5.74) is -1.59. The Kier molecular flexibility index (Phi) is 4.35. The monoisotopic (exact) mass is 370 g/mol. The Bertz CT molecular complexity index is 574. The SMILES string of the molecule is FC(F)(F)c1cccc([Se]c2cccc(C(F)(F)F)c2)c1. The van der Waals surface area contributed by atoms with Crippen LogP contribution in [-0.4, -0.2) is 15.0 Å². The first-order chi connectivity index (χ1) is 9.66. The minimum atomic E-state index is -4.46. The minimum absolute atomic E-state index is 0.372. The van der Waals surface area contributed by atoms with Gasteiger partial charge in [-0.05, 0) is 0 Å². The molecule has 0 aliphatic heterocycles. The van der Waals surface area contributed by atoms with Crippen molar-refractivity contribution in [3.63, 3.8) is 0 Å². The van der Waals surface area contributed by atoms with E-state index in [1.165, 1.54) is 24.3 Å². The molecule has 0 aliphatic rings. The first kappa shape index (κ1) is 15.9. The van der Waals surface area contributed by atoms with Gasteiger partial charge in [0.2, 0.25) is 0 Å². The molecule has 0 spiro atoms. The van der Waals surface area contributed by atoms with Crippen LogP contribution in [-0.2, 0) is 12.4 Å². The molecule has 0 bridgehead atoms. The molecule has 0 unspecified atom stereocenters. The summed E-state index contributed by atoms with van der Waals surface area (Å²) in [6, 6.07) is 9.30. The summed E-state index contributed by atoms with van der Waals surface area (Å²) < 4.78 is 76.3. The molecule has 112 valence electrons. The zero-order chi connectivity index (χ0) is 15.7. The molecule has 0 saturated heterocycles. The fraction of sp³-hybridized carbons (Fsp3) is 0.143. The summed E-state index contributed by atoms with van der Waals surface area (Å²) in [7, 11) is 0. The van der Waals surface area contributed by atoms with Gasteiger partial charge in [0.15, 0.2) is 0 Å². The number of benzene rings is 2. The molecule has 0 fully saturated rings. The Morgan fingerprint density at radius 3 is 1.33 bits per heavy atom. The Hall–Kier alpha value is -1.46. The molecule has 7 heteroatoms. The number of alkyl halides is 6. The van der Waals surface area contributed by atoms with Crippen LogP contribution in [0, 0.1) is 0 Å². The van der Waals surface area contributed by atoms with E-state index in [4.69, 9.17) is 0 Å². The van der Waals surface area contributed by atoms with E-state index in [-0.39, 0.29) is 0 Å². The van der Waals surface area contributed by atoms with Crippen LogP contribution in [0.1, 0.15) is 11.1 Å². The van der Waals surface area contributed by atoms with Gasteiger partial charge >= 0.3 is 122 Å². The van der Waals surface area contributed by atoms with E-state index in [0.717, 1.165) is 24.3 Å². The number of hydrogen-bond donors (Lipinski definition) is 0. The van der Waals surface area contributed by atoms with Crippen molar-refractivity contribution in [2.45, 2.75) is 12.4 Å². The van der Waals surface area contributed by atoms with Crippen LogP contribution < -0.4 is 8.92 Å². The molecule has 2 aromatic carbocycles. The third-order valence-corrected chi connectivity index (χ3v) is 4.61. The van der Waals surface area contributed by atoms with Crippen LogP contribution in [0.25, 0.3) is 0 Å². The average Bonchev–Trinajstić information content (AvgIpc) is 2.37. The molecule has 0 amide bonds. The quantitative estimate of drug-likeness (QED) is 0.563. The van der Waals surface area contributed by atoms with Crippen molar-refractivity contribution in [2.24, 2.45) is 0 Å². The molecule has 0 aliphatic carbocycles. The molecule has 0 atom stereocenters. The van der Waals surface area contributed by atoms with Gasteiger partial charge in [0.05, 0.1) is 0 Å². The molecule has 2 aromatic rings. The molecule has 2 rings (SSSR count). The third-order valence-electron chi connectivity index (χ3n) is 2.56.